The van der Waals surface area contributed by atoms with Crippen LogP contribution in [-0.2, 0) is 21.7 Å². The van der Waals surface area contributed by atoms with Gasteiger partial charge in [0.05, 0.1) is 0 Å². The molecule has 0 spiro atoms. The van der Waals surface area contributed by atoms with Crippen LogP contribution in [0.25, 0.3) is 78.1 Å². The largest absolute Gasteiger partial charge is 0.0842 e. The summed E-state index contributed by atoms with van der Waals surface area (Å²) in [7, 11) is 0. The smallest absolute Gasteiger partial charge is 0.0200 e. The molecule has 0 bridgehead atoms. The molecule has 338 valence electrons. The highest BCUT2D eigenvalue weighted by Crippen LogP contribution is 2.63. The van der Waals surface area contributed by atoms with Gasteiger partial charge in [0, 0.05) is 11.8 Å². The van der Waals surface area contributed by atoms with E-state index in [9.17, 15) is 0 Å². The summed E-state index contributed by atoms with van der Waals surface area (Å²) in [6.45, 7) is 28.7. The van der Waals surface area contributed by atoms with Crippen LogP contribution in [0.1, 0.15) is 158 Å². The Kier molecular flexibility index (Phi) is 8.58. The van der Waals surface area contributed by atoms with Gasteiger partial charge in [-0.25, -0.2) is 0 Å². The van der Waals surface area contributed by atoms with Crippen molar-refractivity contribution >= 4 is 33.6 Å². The molecule has 13 rings (SSSR count). The molecular formula is C68H66. The maximum Gasteiger partial charge on any atom is 0.0200 e. The Hall–Kier alpha value is -5.98. The van der Waals surface area contributed by atoms with Crippen LogP contribution in [0.5, 0.6) is 0 Å². The minimum atomic E-state index is -0.0375. The van der Waals surface area contributed by atoms with Crippen molar-refractivity contribution in [1.82, 2.24) is 0 Å². The first-order chi connectivity index (χ1) is 32.2. The molecule has 0 fully saturated rings. The highest BCUT2D eigenvalue weighted by molar-refractivity contribution is 6.23. The molecule has 7 aliphatic carbocycles. The lowest BCUT2D eigenvalue weighted by atomic mass is 9.67. The van der Waals surface area contributed by atoms with Crippen LogP contribution in [0.3, 0.4) is 0 Å². The molecule has 3 unspecified atom stereocenters. The fourth-order valence-electron chi connectivity index (χ4n) is 13.3. The highest BCUT2D eigenvalue weighted by Gasteiger charge is 2.43. The van der Waals surface area contributed by atoms with Gasteiger partial charge >= 0.3 is 0 Å². The Labute approximate surface area is 405 Å². The first kappa shape index (κ1) is 42.1. The third-order valence-corrected chi connectivity index (χ3v) is 17.1. The summed E-state index contributed by atoms with van der Waals surface area (Å²) in [6.07, 6.45) is 23.0. The lowest BCUT2D eigenvalue weighted by Gasteiger charge is -2.36. The van der Waals surface area contributed by atoms with E-state index in [1.54, 1.807) is 11.1 Å². The normalized spacial score (nSPS) is 20.3. The molecule has 3 atom stereocenters. The molecule has 0 N–H and O–H groups in total. The van der Waals surface area contributed by atoms with Crippen LogP contribution in [0.15, 0.2) is 127 Å². The lowest BCUT2D eigenvalue weighted by molar-refractivity contribution is 0.568. The monoisotopic (exact) mass is 883 g/mol. The highest BCUT2D eigenvalue weighted by atomic mass is 14.5. The van der Waals surface area contributed by atoms with Gasteiger partial charge in [0.25, 0.3) is 0 Å². The maximum absolute atomic E-state index is 2.70. The van der Waals surface area contributed by atoms with Crippen LogP contribution < -0.4 is 10.4 Å². The molecule has 68 heavy (non-hydrogen) atoms. The van der Waals surface area contributed by atoms with Crippen LogP contribution in [-0.4, -0.2) is 0 Å². The molecule has 0 saturated heterocycles. The first-order valence-corrected chi connectivity index (χ1v) is 25.7. The third-order valence-electron chi connectivity index (χ3n) is 17.1. The van der Waals surface area contributed by atoms with E-state index in [-0.39, 0.29) is 21.7 Å². The summed E-state index contributed by atoms with van der Waals surface area (Å²) in [5.41, 5.74) is 29.7. The summed E-state index contributed by atoms with van der Waals surface area (Å²) in [6, 6.07) is 32.9. The summed E-state index contributed by atoms with van der Waals surface area (Å²) in [5.74, 6) is 1.25. The van der Waals surface area contributed by atoms with Crippen molar-refractivity contribution in [3.63, 3.8) is 0 Å². The Bertz CT molecular complexity index is 3540. The molecular weight excluding hydrogens is 817 g/mol. The van der Waals surface area contributed by atoms with Gasteiger partial charge in [-0.1, -0.05) is 192 Å². The molecule has 0 radical (unpaired) electrons. The molecule has 7 aliphatic rings. The average Bonchev–Trinajstić information content (AvgIpc) is 3.78. The van der Waals surface area contributed by atoms with Gasteiger partial charge in [-0.05, 0) is 203 Å². The van der Waals surface area contributed by atoms with E-state index >= 15 is 0 Å². The van der Waals surface area contributed by atoms with Crippen molar-refractivity contribution in [2.75, 3.05) is 0 Å². The lowest BCUT2D eigenvalue weighted by Crippen LogP contribution is -2.35. The number of rotatable bonds is 2. The number of hydrogen-bond acceptors (Lipinski definition) is 0. The third kappa shape index (κ3) is 5.98. The second-order valence-electron chi connectivity index (χ2n) is 25.6. The summed E-state index contributed by atoms with van der Waals surface area (Å²) in [4.78, 5) is 0. The Morgan fingerprint density at radius 3 is 1.78 bits per heavy atom. The number of hydrogen-bond donors (Lipinski definition) is 0. The van der Waals surface area contributed by atoms with E-state index in [4.69, 9.17) is 0 Å². The molecule has 0 aliphatic heterocycles. The molecule has 0 saturated carbocycles. The zero-order chi connectivity index (χ0) is 47.1. The van der Waals surface area contributed by atoms with Crippen molar-refractivity contribution in [3.05, 3.63) is 187 Å². The summed E-state index contributed by atoms with van der Waals surface area (Å²) < 4.78 is 0. The predicted molar refractivity (Wildman–Crippen MR) is 292 cm³/mol. The van der Waals surface area contributed by atoms with Crippen LogP contribution >= 0.6 is 0 Å². The Morgan fingerprint density at radius 2 is 1.15 bits per heavy atom. The van der Waals surface area contributed by atoms with Crippen LogP contribution in [0, 0.1) is 11.8 Å². The molecule has 0 heteroatoms. The van der Waals surface area contributed by atoms with Gasteiger partial charge < -0.3 is 0 Å². The molecule has 6 aromatic rings. The Morgan fingerprint density at radius 1 is 0.529 bits per heavy atom. The van der Waals surface area contributed by atoms with Crippen LogP contribution in [0.2, 0.25) is 0 Å². The predicted octanol–water partition coefficient (Wildman–Crippen LogP) is 16.7. The zero-order valence-electron chi connectivity index (χ0n) is 42.5. The average molecular weight is 883 g/mol. The zero-order valence-corrected chi connectivity index (χ0v) is 42.5. The first-order valence-electron chi connectivity index (χ1n) is 25.7. The fraction of sp³-hybridized carbons (Fsp3) is 0.324. The van der Waals surface area contributed by atoms with E-state index in [1.165, 1.54) is 133 Å². The van der Waals surface area contributed by atoms with Gasteiger partial charge in [-0.3, -0.25) is 0 Å². The van der Waals surface area contributed by atoms with Gasteiger partial charge in [-0.2, -0.15) is 0 Å². The van der Waals surface area contributed by atoms with Gasteiger partial charge in [0.15, 0.2) is 0 Å². The van der Waals surface area contributed by atoms with Crippen molar-refractivity contribution in [3.8, 4) is 44.5 Å². The second kappa shape index (κ2) is 13.8. The van der Waals surface area contributed by atoms with E-state index in [0.29, 0.717) is 17.8 Å². The van der Waals surface area contributed by atoms with Gasteiger partial charge in [-0.15, -0.1) is 0 Å². The fourth-order valence-corrected chi connectivity index (χ4v) is 13.3. The number of allylic oxidation sites excluding steroid dienone is 8. The quantitative estimate of drug-likeness (QED) is 0.162. The molecule has 6 aromatic carbocycles. The van der Waals surface area contributed by atoms with E-state index < -0.39 is 0 Å². The van der Waals surface area contributed by atoms with Crippen LogP contribution in [0.4, 0.5) is 0 Å². The van der Waals surface area contributed by atoms with Crippen molar-refractivity contribution in [1.29, 1.82) is 0 Å². The van der Waals surface area contributed by atoms with Gasteiger partial charge in [0.1, 0.15) is 0 Å². The minimum Gasteiger partial charge on any atom is -0.0842 e. The molecule has 0 nitrogen and oxygen atoms in total. The topological polar surface area (TPSA) is 0 Å². The van der Waals surface area contributed by atoms with E-state index in [2.05, 4.69) is 211 Å². The molecule has 0 heterocycles. The van der Waals surface area contributed by atoms with Crippen molar-refractivity contribution in [2.45, 2.75) is 130 Å². The van der Waals surface area contributed by atoms with Crippen molar-refractivity contribution < 1.29 is 0 Å². The maximum atomic E-state index is 2.70. The van der Waals surface area contributed by atoms with E-state index in [1.807, 2.05) is 0 Å². The number of fused-ring (bicyclic) bond motifs is 8. The minimum absolute atomic E-state index is 0.0347. The summed E-state index contributed by atoms with van der Waals surface area (Å²) in [5, 5.41) is 5.68. The number of benzene rings is 6. The van der Waals surface area contributed by atoms with Gasteiger partial charge in [0.2, 0.25) is 0 Å². The second-order valence-corrected chi connectivity index (χ2v) is 25.6. The Balaban J connectivity index is 1.26. The SMILES string of the molecule is CC(C)(C)c1cc(-c2c3c(c(-c4cc(C(C)(C)C)cc(C(C)(C)C)c4)c4cc5c(cc24)-c2cccc4c2=C5CC2CCC=CC=42)-c2ccc4c5c2C3=CC2=CC=CC(C=C4)C25)cc(C(C)(C)C)c1. The standard InChI is InChI=1S/C68H66/c1-65(2,3)43-27-41(28-44(33-43)66(4,5)6)58-55-36-52-51(49-22-16-21-48-47-20-14-13-17-39(47)31-53(52)61(48)49)35-54(55)59(42-29-45(67(7,8)9)34-46(30-42)68(10,11)12)64-56-32-40-19-15-18-37-23-24-38-25-26-50(63(58)64)62(56)60(38)57(37)40/h14-16,18-30,32-37,39,57H,13,17,31H2,1-12H3. The van der Waals surface area contributed by atoms with Crippen molar-refractivity contribution in [2.24, 2.45) is 11.8 Å². The van der Waals surface area contributed by atoms with E-state index in [0.717, 1.165) is 12.8 Å². The molecule has 0 aromatic heterocycles. The molecule has 0 amide bonds. The summed E-state index contributed by atoms with van der Waals surface area (Å²) >= 11 is 0.